The summed E-state index contributed by atoms with van der Waals surface area (Å²) < 4.78 is 11.1. The summed E-state index contributed by atoms with van der Waals surface area (Å²) in [5.41, 5.74) is -1.67. The van der Waals surface area contributed by atoms with Crippen molar-refractivity contribution in [3.05, 3.63) is 0 Å². The lowest BCUT2D eigenvalue weighted by atomic mass is 9.55. The topological polar surface area (TPSA) is 89.9 Å². The zero-order valence-electron chi connectivity index (χ0n) is 18.0. The fraction of sp³-hybridized carbons (Fsp3) is 0.870. The van der Waals surface area contributed by atoms with Gasteiger partial charge in [-0.05, 0) is 56.3 Å². The van der Waals surface area contributed by atoms with Crippen LogP contribution in [0.3, 0.4) is 0 Å². The van der Waals surface area contributed by atoms with E-state index in [0.717, 1.165) is 44.8 Å². The van der Waals surface area contributed by atoms with Gasteiger partial charge >= 0.3 is 11.9 Å². The molecule has 6 nitrogen and oxygen atoms in total. The number of hydrogen-bond donors (Lipinski definition) is 1. The van der Waals surface area contributed by atoms with Gasteiger partial charge in [0.05, 0.1) is 5.60 Å². The Balaban J connectivity index is 1.68. The molecule has 4 aliphatic rings. The summed E-state index contributed by atoms with van der Waals surface area (Å²) in [7, 11) is 0. The number of ether oxygens (including phenoxy) is 2. The van der Waals surface area contributed by atoms with Crippen molar-refractivity contribution in [1.82, 2.24) is 0 Å². The van der Waals surface area contributed by atoms with Gasteiger partial charge in [-0.15, -0.1) is 0 Å². The molecule has 0 saturated heterocycles. The van der Waals surface area contributed by atoms with Crippen LogP contribution >= 0.6 is 0 Å². The van der Waals surface area contributed by atoms with E-state index in [-0.39, 0.29) is 52.7 Å². The van der Waals surface area contributed by atoms with Crippen LogP contribution in [0.15, 0.2) is 0 Å². The van der Waals surface area contributed by atoms with Crippen LogP contribution in [-0.2, 0) is 23.9 Å². The zero-order valence-corrected chi connectivity index (χ0v) is 18.0. The molecular weight excluding hydrogens is 372 g/mol. The molecule has 0 radical (unpaired) electrons. The molecule has 162 valence electrons. The number of aldehydes is 1. The van der Waals surface area contributed by atoms with E-state index in [2.05, 4.69) is 13.8 Å². The normalized spacial score (nSPS) is 50.8. The predicted molar refractivity (Wildman–Crippen MR) is 105 cm³/mol. The van der Waals surface area contributed by atoms with Crippen molar-refractivity contribution < 1.29 is 29.0 Å². The second-order valence-corrected chi connectivity index (χ2v) is 10.5. The SMILES string of the molecule is CC(=O)O[C@@H]1CC[C@]2(C)[C@@H]3CC[C@@]4(C)[C@@H](OC(C)=O)CC[C@@H]4[C@@H]3[C@H](C=O)[C@]2(O)C1. The van der Waals surface area contributed by atoms with Crippen LogP contribution in [0.4, 0.5) is 0 Å². The molecule has 4 saturated carbocycles. The van der Waals surface area contributed by atoms with Crippen molar-refractivity contribution in [2.45, 2.75) is 90.4 Å². The van der Waals surface area contributed by atoms with Crippen molar-refractivity contribution in [3.8, 4) is 0 Å². The Hall–Kier alpha value is -1.43. The Morgan fingerprint density at radius 3 is 2.28 bits per heavy atom. The minimum Gasteiger partial charge on any atom is -0.462 e. The quantitative estimate of drug-likeness (QED) is 0.572. The molecule has 0 amide bonds. The molecule has 29 heavy (non-hydrogen) atoms. The van der Waals surface area contributed by atoms with E-state index < -0.39 is 11.5 Å². The summed E-state index contributed by atoms with van der Waals surface area (Å²) in [6, 6.07) is 0. The first-order chi connectivity index (χ1) is 13.6. The molecule has 4 rings (SSSR count). The van der Waals surface area contributed by atoms with E-state index >= 15 is 0 Å². The molecule has 0 aliphatic heterocycles. The smallest absolute Gasteiger partial charge is 0.302 e. The minimum absolute atomic E-state index is 0.0814. The Bertz CT molecular complexity index is 720. The average molecular weight is 407 g/mol. The number of carbonyl (C=O) groups is 3. The lowest BCUT2D eigenvalue weighted by Gasteiger charge is -2.51. The van der Waals surface area contributed by atoms with Crippen LogP contribution in [0.1, 0.15) is 72.6 Å². The maximum atomic E-state index is 12.4. The second kappa shape index (κ2) is 6.79. The van der Waals surface area contributed by atoms with Gasteiger partial charge in [0.2, 0.25) is 0 Å². The monoisotopic (exact) mass is 406 g/mol. The van der Waals surface area contributed by atoms with E-state index in [1.165, 1.54) is 13.8 Å². The highest BCUT2D eigenvalue weighted by molar-refractivity contribution is 5.66. The van der Waals surface area contributed by atoms with Gasteiger partial charge < -0.3 is 19.4 Å². The number of aliphatic hydroxyl groups is 1. The molecule has 6 heteroatoms. The van der Waals surface area contributed by atoms with Gasteiger partial charge in [-0.1, -0.05) is 13.8 Å². The van der Waals surface area contributed by atoms with Gasteiger partial charge in [-0.2, -0.15) is 0 Å². The molecule has 9 atom stereocenters. The van der Waals surface area contributed by atoms with Crippen LogP contribution in [0.2, 0.25) is 0 Å². The van der Waals surface area contributed by atoms with E-state index in [1.54, 1.807) is 0 Å². The van der Waals surface area contributed by atoms with Crippen molar-refractivity contribution >= 4 is 18.2 Å². The number of carbonyl (C=O) groups excluding carboxylic acids is 3. The Labute approximate surface area is 172 Å². The van der Waals surface area contributed by atoms with E-state index in [4.69, 9.17) is 9.47 Å². The van der Waals surface area contributed by atoms with Crippen LogP contribution in [0.25, 0.3) is 0 Å². The van der Waals surface area contributed by atoms with Gasteiger partial charge in [0.1, 0.15) is 18.5 Å². The summed E-state index contributed by atoms with van der Waals surface area (Å²) in [6.45, 7) is 7.19. The van der Waals surface area contributed by atoms with Crippen LogP contribution in [0, 0.1) is 34.5 Å². The highest BCUT2D eigenvalue weighted by Crippen LogP contribution is 2.71. The third-order valence-corrected chi connectivity index (χ3v) is 9.33. The predicted octanol–water partition coefficient (Wildman–Crippen LogP) is 3.04. The highest BCUT2D eigenvalue weighted by Gasteiger charge is 2.72. The minimum atomic E-state index is -1.16. The Morgan fingerprint density at radius 1 is 0.966 bits per heavy atom. The summed E-state index contributed by atoms with van der Waals surface area (Å²) in [6.07, 6.45) is 5.93. The number of rotatable bonds is 3. The first-order valence-corrected chi connectivity index (χ1v) is 11.1. The maximum absolute atomic E-state index is 12.4. The Kier molecular flexibility index (Phi) is 4.88. The largest absolute Gasteiger partial charge is 0.462 e. The third kappa shape index (κ3) is 2.81. The molecule has 1 N–H and O–H groups in total. The zero-order chi connectivity index (χ0) is 21.2. The fourth-order valence-electron chi connectivity index (χ4n) is 8.02. The summed E-state index contributed by atoms with van der Waals surface area (Å²) >= 11 is 0. The van der Waals surface area contributed by atoms with Gasteiger partial charge in [-0.25, -0.2) is 0 Å². The standard InChI is InChI=1S/C23H34O6/c1-13(25)28-15-7-10-22(4)17-8-9-21(3)16(5-6-19(21)29-14(2)26)20(17)18(12-24)23(22,27)11-15/h12,15-20,27H,5-11H2,1-4H3/t15-,16-,17-,18+,19+,20+,21-,22-,23-/m1/s1. The molecule has 0 bridgehead atoms. The number of hydrogen-bond acceptors (Lipinski definition) is 6. The summed E-state index contributed by atoms with van der Waals surface area (Å²) in [5.74, 6) is -0.474. The lowest BCUT2D eigenvalue weighted by Crippen LogP contribution is -2.55. The van der Waals surface area contributed by atoms with E-state index in [0.29, 0.717) is 6.42 Å². The number of fused-ring (bicyclic) bond motifs is 5. The Morgan fingerprint density at radius 2 is 1.66 bits per heavy atom. The van der Waals surface area contributed by atoms with Crippen LogP contribution in [-0.4, -0.2) is 41.1 Å². The van der Waals surface area contributed by atoms with Crippen LogP contribution < -0.4 is 0 Å². The number of esters is 2. The molecular formula is C23H34O6. The molecule has 0 unspecified atom stereocenters. The second-order valence-electron chi connectivity index (χ2n) is 10.5. The van der Waals surface area contributed by atoms with Crippen LogP contribution in [0.5, 0.6) is 0 Å². The maximum Gasteiger partial charge on any atom is 0.302 e. The van der Waals surface area contributed by atoms with Crippen molar-refractivity contribution in [1.29, 1.82) is 0 Å². The molecule has 0 aromatic heterocycles. The first kappa shape index (κ1) is 20.8. The molecule has 4 fully saturated rings. The molecule has 0 aromatic rings. The van der Waals surface area contributed by atoms with Gasteiger partial charge in [-0.3, -0.25) is 9.59 Å². The molecule has 0 spiro atoms. The molecule has 0 heterocycles. The van der Waals surface area contributed by atoms with Gasteiger partial charge in [0, 0.05) is 37.0 Å². The molecule has 0 aromatic carbocycles. The fourth-order valence-corrected chi connectivity index (χ4v) is 8.02. The van der Waals surface area contributed by atoms with E-state index in [1.807, 2.05) is 0 Å². The highest BCUT2D eigenvalue weighted by atomic mass is 16.5. The third-order valence-electron chi connectivity index (χ3n) is 9.33. The first-order valence-electron chi connectivity index (χ1n) is 11.1. The molecule has 4 aliphatic carbocycles. The summed E-state index contributed by atoms with van der Waals surface area (Å²) in [5, 5.41) is 12.0. The summed E-state index contributed by atoms with van der Waals surface area (Å²) in [4.78, 5) is 35.5. The van der Waals surface area contributed by atoms with E-state index in [9.17, 15) is 19.5 Å². The van der Waals surface area contributed by atoms with Crippen molar-refractivity contribution in [3.63, 3.8) is 0 Å². The van der Waals surface area contributed by atoms with Gasteiger partial charge in [0.25, 0.3) is 0 Å². The van der Waals surface area contributed by atoms with Crippen molar-refractivity contribution in [2.75, 3.05) is 0 Å². The van der Waals surface area contributed by atoms with Gasteiger partial charge in [0.15, 0.2) is 0 Å². The van der Waals surface area contributed by atoms with Crippen molar-refractivity contribution in [2.24, 2.45) is 34.5 Å². The lowest BCUT2D eigenvalue weighted by molar-refractivity contribution is -0.174. The average Bonchev–Trinajstić information content (AvgIpc) is 3.04.